The molecule has 1 fully saturated rings. The number of oxazole rings is 1. The van der Waals surface area contributed by atoms with Gasteiger partial charge in [-0.25, -0.2) is 22.5 Å². The van der Waals surface area contributed by atoms with Gasteiger partial charge in [-0.05, 0) is 30.7 Å². The number of hydrogen-bond acceptors (Lipinski definition) is 6. The maximum absolute atomic E-state index is 13.1. The van der Waals surface area contributed by atoms with E-state index >= 15 is 0 Å². The Labute approximate surface area is 192 Å². The fraction of sp³-hybridized carbons (Fsp3) is 0.435. The predicted molar refractivity (Wildman–Crippen MR) is 122 cm³/mol. The predicted octanol–water partition coefficient (Wildman–Crippen LogP) is 3.91. The first-order valence-electron chi connectivity index (χ1n) is 10.8. The number of nitrogens with zero attached hydrogens (tertiary/aromatic N) is 3. The normalized spacial score (nSPS) is 17.9. The number of nitrogens with one attached hydrogen (secondary N) is 1. The standard InChI is InChI=1S/C23H27FN4O4S/c1-23(2,3)19-12-20(28(27-19)17-10-11-33(30,31)14-17)26-21(29)8-9-22-25-13-18(32-22)15-4-6-16(24)7-5-15/h4-7,12-13,17H,8-11,14H2,1-3H3,(H,26,29). The number of halogens is 1. The molecule has 8 nitrogen and oxygen atoms in total. The zero-order valence-electron chi connectivity index (χ0n) is 18.8. The number of rotatable bonds is 6. The maximum Gasteiger partial charge on any atom is 0.226 e. The van der Waals surface area contributed by atoms with Gasteiger partial charge in [0.2, 0.25) is 5.91 Å². The van der Waals surface area contributed by atoms with Crippen LogP contribution in [0.2, 0.25) is 0 Å². The Bertz CT molecular complexity index is 1260. The molecule has 1 unspecified atom stereocenters. The molecule has 0 saturated carbocycles. The summed E-state index contributed by atoms with van der Waals surface area (Å²) in [4.78, 5) is 16.9. The van der Waals surface area contributed by atoms with E-state index < -0.39 is 9.84 Å². The zero-order chi connectivity index (χ0) is 23.8. The lowest BCUT2D eigenvalue weighted by atomic mass is 9.92. The molecule has 1 aliphatic rings. The Morgan fingerprint density at radius 1 is 1.27 bits per heavy atom. The van der Waals surface area contributed by atoms with Crippen molar-refractivity contribution in [2.24, 2.45) is 0 Å². The minimum atomic E-state index is -3.10. The Balaban J connectivity index is 1.44. The molecule has 2 aromatic heterocycles. The minimum Gasteiger partial charge on any atom is -0.441 e. The smallest absolute Gasteiger partial charge is 0.226 e. The fourth-order valence-corrected chi connectivity index (χ4v) is 5.39. The second-order valence-electron chi connectivity index (χ2n) is 9.34. The van der Waals surface area contributed by atoms with Gasteiger partial charge in [0, 0.05) is 29.9 Å². The number of hydrogen-bond donors (Lipinski definition) is 1. The summed E-state index contributed by atoms with van der Waals surface area (Å²) in [5.74, 6) is 0.945. The molecular weight excluding hydrogens is 447 g/mol. The van der Waals surface area contributed by atoms with Gasteiger partial charge in [0.15, 0.2) is 21.5 Å². The molecule has 3 heterocycles. The lowest BCUT2D eigenvalue weighted by molar-refractivity contribution is -0.116. The van der Waals surface area contributed by atoms with Crippen molar-refractivity contribution in [2.75, 3.05) is 16.8 Å². The minimum absolute atomic E-state index is 0.0175. The van der Waals surface area contributed by atoms with Crippen molar-refractivity contribution in [3.63, 3.8) is 0 Å². The van der Waals surface area contributed by atoms with Crippen LogP contribution < -0.4 is 5.32 Å². The molecule has 0 bridgehead atoms. The molecule has 1 N–H and O–H groups in total. The molecule has 1 amide bonds. The molecule has 1 aliphatic heterocycles. The second-order valence-corrected chi connectivity index (χ2v) is 11.6. The molecule has 3 aromatic rings. The number of aromatic nitrogens is 3. The molecule has 0 spiro atoms. The summed E-state index contributed by atoms with van der Waals surface area (Å²) in [7, 11) is -3.10. The molecule has 0 radical (unpaired) electrons. The molecule has 1 saturated heterocycles. The van der Waals surface area contributed by atoms with Crippen LogP contribution in [0.4, 0.5) is 10.2 Å². The van der Waals surface area contributed by atoms with Crippen LogP contribution in [0.3, 0.4) is 0 Å². The third-order valence-corrected chi connectivity index (χ3v) is 7.32. The van der Waals surface area contributed by atoms with Gasteiger partial charge in [-0.2, -0.15) is 5.10 Å². The third kappa shape index (κ3) is 5.50. The fourth-order valence-electron chi connectivity index (χ4n) is 3.70. The van der Waals surface area contributed by atoms with Crippen molar-refractivity contribution in [3.8, 4) is 11.3 Å². The Kier molecular flexibility index (Phi) is 6.13. The van der Waals surface area contributed by atoms with Crippen LogP contribution in [0.1, 0.15) is 51.2 Å². The van der Waals surface area contributed by atoms with Crippen molar-refractivity contribution in [1.29, 1.82) is 0 Å². The Hall–Kier alpha value is -3.01. The van der Waals surface area contributed by atoms with Crippen LogP contribution in [0, 0.1) is 5.82 Å². The van der Waals surface area contributed by atoms with E-state index in [1.165, 1.54) is 12.1 Å². The van der Waals surface area contributed by atoms with Crippen molar-refractivity contribution >= 4 is 21.6 Å². The third-order valence-electron chi connectivity index (χ3n) is 5.57. The molecule has 33 heavy (non-hydrogen) atoms. The van der Waals surface area contributed by atoms with E-state index in [-0.39, 0.29) is 47.5 Å². The summed E-state index contributed by atoms with van der Waals surface area (Å²) in [5.41, 5.74) is 1.22. The van der Waals surface area contributed by atoms with E-state index in [4.69, 9.17) is 4.42 Å². The van der Waals surface area contributed by atoms with Gasteiger partial charge < -0.3 is 9.73 Å². The van der Waals surface area contributed by atoms with Crippen molar-refractivity contribution in [3.05, 3.63) is 53.9 Å². The average Bonchev–Trinajstić information content (AvgIpc) is 3.45. The van der Waals surface area contributed by atoms with Crippen molar-refractivity contribution in [1.82, 2.24) is 14.8 Å². The van der Waals surface area contributed by atoms with Gasteiger partial charge >= 0.3 is 0 Å². The molecular formula is C23H27FN4O4S. The number of amides is 1. The number of anilines is 1. The first kappa shape index (κ1) is 23.2. The van der Waals surface area contributed by atoms with Crippen molar-refractivity contribution < 1.29 is 22.0 Å². The van der Waals surface area contributed by atoms with Crippen LogP contribution in [0.25, 0.3) is 11.3 Å². The highest BCUT2D eigenvalue weighted by Gasteiger charge is 2.32. The Morgan fingerprint density at radius 3 is 2.64 bits per heavy atom. The second kappa shape index (κ2) is 8.74. The molecule has 10 heteroatoms. The molecule has 4 rings (SSSR count). The summed E-state index contributed by atoms with van der Waals surface area (Å²) in [5, 5.41) is 7.50. The van der Waals surface area contributed by atoms with E-state index in [0.29, 0.717) is 29.5 Å². The number of sulfone groups is 1. The Morgan fingerprint density at radius 2 is 2.00 bits per heavy atom. The molecule has 0 aliphatic carbocycles. The van der Waals surface area contributed by atoms with Gasteiger partial charge in [0.25, 0.3) is 0 Å². The van der Waals surface area contributed by atoms with Crippen LogP contribution in [-0.2, 0) is 26.5 Å². The van der Waals surface area contributed by atoms with Crippen molar-refractivity contribution in [2.45, 2.75) is 51.5 Å². The van der Waals surface area contributed by atoms with Crippen LogP contribution in [0.15, 0.2) is 40.9 Å². The van der Waals surface area contributed by atoms with E-state index in [9.17, 15) is 17.6 Å². The summed E-state index contributed by atoms with van der Waals surface area (Å²) >= 11 is 0. The van der Waals surface area contributed by atoms with Crippen LogP contribution in [0.5, 0.6) is 0 Å². The molecule has 176 valence electrons. The van der Waals surface area contributed by atoms with E-state index in [0.717, 1.165) is 5.69 Å². The summed E-state index contributed by atoms with van der Waals surface area (Å²) in [6, 6.07) is 7.39. The zero-order valence-corrected chi connectivity index (χ0v) is 19.7. The van der Waals surface area contributed by atoms with E-state index in [2.05, 4.69) is 15.4 Å². The van der Waals surface area contributed by atoms with Gasteiger partial charge in [-0.15, -0.1) is 0 Å². The SMILES string of the molecule is CC(C)(C)c1cc(NC(=O)CCc2ncc(-c3ccc(F)cc3)o2)n(C2CCS(=O)(=O)C2)n1. The largest absolute Gasteiger partial charge is 0.441 e. The maximum atomic E-state index is 13.1. The van der Waals surface area contributed by atoms with Gasteiger partial charge in [-0.1, -0.05) is 20.8 Å². The topological polar surface area (TPSA) is 107 Å². The van der Waals surface area contributed by atoms with E-state index in [1.807, 2.05) is 20.8 Å². The lowest BCUT2D eigenvalue weighted by Crippen LogP contribution is -2.20. The van der Waals surface area contributed by atoms with Crippen LogP contribution in [-0.4, -0.2) is 40.6 Å². The average molecular weight is 475 g/mol. The quantitative estimate of drug-likeness (QED) is 0.581. The molecule has 1 atom stereocenters. The highest BCUT2D eigenvalue weighted by Crippen LogP contribution is 2.31. The number of benzene rings is 1. The van der Waals surface area contributed by atoms with E-state index in [1.54, 1.807) is 29.1 Å². The van der Waals surface area contributed by atoms with Gasteiger partial charge in [0.1, 0.15) is 11.6 Å². The number of carbonyl (C=O) groups excluding carboxylic acids is 1. The van der Waals surface area contributed by atoms with Gasteiger partial charge in [0.05, 0.1) is 29.4 Å². The summed E-state index contributed by atoms with van der Waals surface area (Å²) in [6.45, 7) is 6.04. The first-order valence-corrected chi connectivity index (χ1v) is 12.6. The highest BCUT2D eigenvalue weighted by molar-refractivity contribution is 7.91. The highest BCUT2D eigenvalue weighted by atomic mass is 32.2. The molecule has 1 aromatic carbocycles. The first-order chi connectivity index (χ1) is 15.5. The number of aryl methyl sites for hydroxylation is 1. The van der Waals surface area contributed by atoms with Gasteiger partial charge in [-0.3, -0.25) is 4.79 Å². The monoisotopic (exact) mass is 474 g/mol. The number of carbonyl (C=O) groups is 1. The lowest BCUT2D eigenvalue weighted by Gasteiger charge is -2.15. The summed E-state index contributed by atoms with van der Waals surface area (Å²) < 4.78 is 44.4. The van der Waals surface area contributed by atoms with Crippen LogP contribution >= 0.6 is 0 Å². The summed E-state index contributed by atoms with van der Waals surface area (Å²) in [6.07, 6.45) is 2.43.